The third-order valence-corrected chi connectivity index (χ3v) is 8.10. The van der Waals surface area contributed by atoms with Crippen molar-refractivity contribution in [2.45, 2.75) is 31.1 Å². The highest BCUT2D eigenvalue weighted by Crippen LogP contribution is 2.25. The van der Waals surface area contributed by atoms with Gasteiger partial charge in [0.1, 0.15) is 4.21 Å². The van der Waals surface area contributed by atoms with Crippen molar-refractivity contribution in [3.63, 3.8) is 0 Å². The maximum Gasteiger partial charge on any atom is 0.252 e. The molecule has 1 aromatic heterocycles. The largest absolute Gasteiger partial charge is 0.379 e. The summed E-state index contributed by atoms with van der Waals surface area (Å²) in [6.07, 6.45) is 0. The summed E-state index contributed by atoms with van der Waals surface area (Å²) in [6.45, 7) is 7.65. The van der Waals surface area contributed by atoms with Crippen LogP contribution in [0.3, 0.4) is 0 Å². The van der Waals surface area contributed by atoms with Gasteiger partial charge in [0.25, 0.3) is 10.0 Å². The third kappa shape index (κ3) is 6.64. The van der Waals surface area contributed by atoms with Gasteiger partial charge in [-0.15, -0.1) is 35.3 Å². The average Bonchev–Trinajstić information content (AvgIpc) is 3.22. The molecule has 3 rings (SSSR count). The number of nitrogens with zero attached hydrogens (tertiary/aromatic N) is 2. The van der Waals surface area contributed by atoms with Crippen LogP contribution in [0.2, 0.25) is 0 Å². The number of guanidine groups is 1. The minimum Gasteiger partial charge on any atom is -0.379 e. The van der Waals surface area contributed by atoms with Crippen LogP contribution in [0, 0.1) is 6.92 Å². The monoisotopic (exact) mass is 564 g/mol. The van der Waals surface area contributed by atoms with Gasteiger partial charge in [-0.2, -0.15) is 4.31 Å². The van der Waals surface area contributed by atoms with E-state index in [-0.39, 0.29) is 24.0 Å². The molecule has 0 radical (unpaired) electrons. The maximum absolute atomic E-state index is 12.8. The van der Waals surface area contributed by atoms with Crippen LogP contribution in [0.5, 0.6) is 0 Å². The molecule has 0 bridgehead atoms. The Morgan fingerprint density at radius 3 is 2.60 bits per heavy atom. The molecular formula is C20H29IN4O3S2. The molecule has 1 aromatic carbocycles. The van der Waals surface area contributed by atoms with E-state index in [0.717, 1.165) is 11.4 Å². The summed E-state index contributed by atoms with van der Waals surface area (Å²) < 4.78 is 32.6. The minimum atomic E-state index is -3.44. The number of benzene rings is 1. The van der Waals surface area contributed by atoms with Crippen molar-refractivity contribution < 1.29 is 13.2 Å². The molecule has 1 fully saturated rings. The number of ether oxygens (including phenoxy) is 1. The Balaban J connectivity index is 0.00000320. The summed E-state index contributed by atoms with van der Waals surface area (Å²) in [4.78, 5) is 5.59. The molecule has 0 amide bonds. The molecule has 0 saturated carbocycles. The lowest BCUT2D eigenvalue weighted by molar-refractivity contribution is 0.0731. The molecule has 10 heteroatoms. The van der Waals surface area contributed by atoms with Crippen LogP contribution in [0.15, 0.2) is 45.6 Å². The zero-order chi connectivity index (χ0) is 20.7. The second-order valence-corrected chi connectivity index (χ2v) is 10.0. The minimum absolute atomic E-state index is 0. The molecule has 1 aliphatic heterocycles. The number of rotatable bonds is 7. The molecule has 2 heterocycles. The van der Waals surface area contributed by atoms with Gasteiger partial charge in [-0.25, -0.2) is 13.4 Å². The molecule has 1 aliphatic rings. The standard InChI is InChI=1S/C20H28N4O3S2.HI/c1-3-21-20(22-14-17-7-5-4-6-16(17)2)23-15-18-8-9-19(28-18)29(25,26)24-10-12-27-13-11-24;/h4-9H,3,10-15H2,1-2H3,(H2,21,22,23);1H. The number of aliphatic imine (C=N–C) groups is 1. The van der Waals surface area contributed by atoms with Gasteiger partial charge in [-0.3, -0.25) is 0 Å². The Labute approximate surface area is 200 Å². The van der Waals surface area contributed by atoms with Crippen molar-refractivity contribution in [2.24, 2.45) is 4.99 Å². The molecule has 0 aliphatic carbocycles. The molecule has 30 heavy (non-hydrogen) atoms. The molecule has 166 valence electrons. The Bertz CT molecular complexity index is 941. The molecule has 0 atom stereocenters. The van der Waals surface area contributed by atoms with Gasteiger partial charge in [-0.1, -0.05) is 24.3 Å². The van der Waals surface area contributed by atoms with Crippen molar-refractivity contribution in [1.82, 2.24) is 14.9 Å². The fraction of sp³-hybridized carbons (Fsp3) is 0.450. The van der Waals surface area contributed by atoms with Gasteiger partial charge in [-0.05, 0) is 37.1 Å². The van der Waals surface area contributed by atoms with Crippen LogP contribution in [-0.4, -0.2) is 51.5 Å². The second-order valence-electron chi connectivity index (χ2n) is 6.71. The van der Waals surface area contributed by atoms with Crippen LogP contribution in [-0.2, 0) is 27.8 Å². The van der Waals surface area contributed by atoms with Crippen LogP contribution < -0.4 is 10.6 Å². The van der Waals surface area contributed by atoms with Gasteiger partial charge in [0.05, 0.1) is 26.3 Å². The van der Waals surface area contributed by atoms with Gasteiger partial charge in [0.15, 0.2) is 5.96 Å². The number of thiophene rings is 1. The van der Waals surface area contributed by atoms with Crippen LogP contribution in [0.1, 0.15) is 22.9 Å². The van der Waals surface area contributed by atoms with E-state index in [1.54, 1.807) is 6.07 Å². The number of halogens is 1. The highest BCUT2D eigenvalue weighted by Gasteiger charge is 2.27. The number of nitrogens with one attached hydrogen (secondary N) is 2. The summed E-state index contributed by atoms with van der Waals surface area (Å²) >= 11 is 1.29. The first kappa shape index (κ1) is 25.1. The first-order valence-corrected chi connectivity index (χ1v) is 12.0. The van der Waals surface area contributed by atoms with Gasteiger partial charge < -0.3 is 15.4 Å². The zero-order valence-electron chi connectivity index (χ0n) is 17.3. The number of hydrogen-bond donors (Lipinski definition) is 2. The molecule has 0 spiro atoms. The van der Waals surface area contributed by atoms with Crippen molar-refractivity contribution in [3.05, 3.63) is 52.4 Å². The van der Waals surface area contributed by atoms with Gasteiger partial charge >= 0.3 is 0 Å². The molecular weight excluding hydrogens is 535 g/mol. The lowest BCUT2D eigenvalue weighted by atomic mass is 10.1. The van der Waals surface area contributed by atoms with E-state index in [0.29, 0.717) is 49.6 Å². The van der Waals surface area contributed by atoms with Crippen molar-refractivity contribution in [3.8, 4) is 0 Å². The average molecular weight is 565 g/mol. The van der Waals surface area contributed by atoms with Crippen LogP contribution in [0.4, 0.5) is 0 Å². The van der Waals surface area contributed by atoms with Crippen molar-refractivity contribution >= 4 is 51.3 Å². The predicted molar refractivity (Wildman–Crippen MR) is 132 cm³/mol. The fourth-order valence-corrected chi connectivity index (χ4v) is 5.83. The lowest BCUT2D eigenvalue weighted by Gasteiger charge is -2.25. The van der Waals surface area contributed by atoms with Crippen LogP contribution >= 0.6 is 35.3 Å². The molecule has 0 unspecified atom stereocenters. The quantitative estimate of drug-likeness (QED) is 0.307. The summed E-state index contributed by atoms with van der Waals surface area (Å²) in [7, 11) is -3.44. The van der Waals surface area contributed by atoms with E-state index in [1.807, 2.05) is 25.1 Å². The highest BCUT2D eigenvalue weighted by molar-refractivity contribution is 14.0. The zero-order valence-corrected chi connectivity index (χ0v) is 21.2. The molecule has 1 saturated heterocycles. The van der Waals surface area contributed by atoms with E-state index in [1.165, 1.54) is 26.8 Å². The van der Waals surface area contributed by atoms with E-state index < -0.39 is 10.0 Å². The van der Waals surface area contributed by atoms with E-state index >= 15 is 0 Å². The Hall–Kier alpha value is -1.21. The summed E-state index contributed by atoms with van der Waals surface area (Å²) in [6, 6.07) is 11.7. The van der Waals surface area contributed by atoms with E-state index in [9.17, 15) is 8.42 Å². The predicted octanol–water partition coefficient (Wildman–Crippen LogP) is 2.95. The van der Waals surface area contributed by atoms with Crippen molar-refractivity contribution in [1.29, 1.82) is 0 Å². The van der Waals surface area contributed by atoms with E-state index in [2.05, 4.69) is 34.7 Å². The molecule has 2 aromatic rings. The third-order valence-electron chi connectivity index (χ3n) is 4.64. The Kier molecular flexibility index (Phi) is 10.0. The Morgan fingerprint density at radius 1 is 1.17 bits per heavy atom. The smallest absolute Gasteiger partial charge is 0.252 e. The SMILES string of the molecule is CCNC(=NCc1ccccc1C)NCc1ccc(S(=O)(=O)N2CCOCC2)s1.I. The normalized spacial score (nSPS) is 15.5. The summed E-state index contributed by atoms with van der Waals surface area (Å²) in [5.74, 6) is 0.710. The number of sulfonamides is 1. The number of aryl methyl sites for hydroxylation is 1. The number of morpholine rings is 1. The summed E-state index contributed by atoms with van der Waals surface area (Å²) in [5, 5.41) is 6.53. The Morgan fingerprint density at radius 2 is 1.90 bits per heavy atom. The topological polar surface area (TPSA) is 83.0 Å². The molecule has 7 nitrogen and oxygen atoms in total. The second kappa shape index (κ2) is 12.0. The van der Waals surface area contributed by atoms with Gasteiger partial charge in [0.2, 0.25) is 0 Å². The first-order valence-electron chi connectivity index (χ1n) is 9.74. The van der Waals surface area contributed by atoms with Crippen LogP contribution in [0.25, 0.3) is 0 Å². The summed E-state index contributed by atoms with van der Waals surface area (Å²) in [5.41, 5.74) is 2.39. The fourth-order valence-electron chi connectivity index (χ4n) is 2.97. The highest BCUT2D eigenvalue weighted by atomic mass is 127. The lowest BCUT2D eigenvalue weighted by Crippen LogP contribution is -2.40. The first-order chi connectivity index (χ1) is 14.0. The van der Waals surface area contributed by atoms with E-state index in [4.69, 9.17) is 4.74 Å². The van der Waals surface area contributed by atoms with Crippen molar-refractivity contribution in [2.75, 3.05) is 32.8 Å². The molecule has 2 N–H and O–H groups in total. The maximum atomic E-state index is 12.8. The number of hydrogen-bond acceptors (Lipinski definition) is 5. The van der Waals surface area contributed by atoms with Gasteiger partial charge in [0, 0.05) is 24.5 Å².